The summed E-state index contributed by atoms with van der Waals surface area (Å²) in [5.74, 6) is -1.23. The van der Waals surface area contributed by atoms with Crippen LogP contribution in [0.25, 0.3) is 0 Å². The maximum atomic E-state index is 13.5. The minimum absolute atomic E-state index is 0.0365. The summed E-state index contributed by atoms with van der Waals surface area (Å²) < 4.78 is 39.1. The van der Waals surface area contributed by atoms with Gasteiger partial charge in [0.15, 0.2) is 0 Å². The fourth-order valence-electron chi connectivity index (χ4n) is 3.66. The van der Waals surface area contributed by atoms with E-state index in [2.05, 4.69) is 15.8 Å². The van der Waals surface area contributed by atoms with Crippen LogP contribution in [0, 0.1) is 0 Å². The van der Waals surface area contributed by atoms with Crippen LogP contribution in [0.5, 0.6) is 5.75 Å². The number of methoxy groups -OCH3 is 1. The predicted molar refractivity (Wildman–Crippen MR) is 160 cm³/mol. The molecule has 0 saturated carbocycles. The molecule has 0 spiro atoms. The van der Waals surface area contributed by atoms with Crippen LogP contribution in [-0.2, 0) is 32.7 Å². The Kier molecular flexibility index (Phi) is 10.3. The van der Waals surface area contributed by atoms with Gasteiger partial charge in [-0.3, -0.25) is 9.59 Å². The van der Waals surface area contributed by atoms with Gasteiger partial charge in [-0.15, -0.1) is 0 Å². The standard InChI is InChI=1S/C28H23Cl3N4O6S/c1-40-26-13-8-21(31)14-25(26)33-27(36)28(37)34-32-15-22-9-10-23(41-22)17-35(16-18-2-4-19(29)5-3-18)42(38,39)24-11-6-20(30)7-12-24/h2-15H,16-17H2,1H3,(H,33,36)(H,34,37)/b32-15+. The van der Waals surface area contributed by atoms with Gasteiger partial charge in [-0.05, 0) is 72.3 Å². The molecule has 1 aromatic heterocycles. The molecule has 2 N–H and O–H groups in total. The number of carbonyl (C=O) groups excluding carboxylic acids is 2. The highest BCUT2D eigenvalue weighted by atomic mass is 35.5. The van der Waals surface area contributed by atoms with Crippen molar-refractivity contribution in [1.82, 2.24) is 9.73 Å². The van der Waals surface area contributed by atoms with E-state index in [0.717, 1.165) is 0 Å². The molecule has 0 aliphatic heterocycles. The van der Waals surface area contributed by atoms with Crippen LogP contribution in [0.1, 0.15) is 17.1 Å². The summed E-state index contributed by atoms with van der Waals surface area (Å²) in [5.41, 5.74) is 3.02. The van der Waals surface area contributed by atoms with Gasteiger partial charge in [0.1, 0.15) is 17.3 Å². The maximum Gasteiger partial charge on any atom is 0.329 e. The number of sulfonamides is 1. The van der Waals surface area contributed by atoms with E-state index in [4.69, 9.17) is 44.0 Å². The zero-order valence-electron chi connectivity index (χ0n) is 21.9. The molecule has 0 saturated heterocycles. The number of nitrogens with one attached hydrogen (secondary N) is 2. The lowest BCUT2D eigenvalue weighted by molar-refractivity contribution is -0.136. The first kappa shape index (κ1) is 31.1. The summed E-state index contributed by atoms with van der Waals surface area (Å²) in [6.45, 7) is -0.0769. The number of halogens is 3. The molecule has 0 unspecified atom stereocenters. The number of hydrogen-bond acceptors (Lipinski definition) is 7. The van der Waals surface area contributed by atoms with Crippen molar-refractivity contribution in [3.05, 3.63) is 111 Å². The Morgan fingerprint density at radius 3 is 2.19 bits per heavy atom. The van der Waals surface area contributed by atoms with Crippen LogP contribution in [0.3, 0.4) is 0 Å². The first-order chi connectivity index (χ1) is 20.0. The van der Waals surface area contributed by atoms with Gasteiger partial charge < -0.3 is 14.5 Å². The lowest BCUT2D eigenvalue weighted by atomic mass is 10.2. The van der Waals surface area contributed by atoms with Crippen LogP contribution in [0.4, 0.5) is 5.69 Å². The van der Waals surface area contributed by atoms with Crippen molar-refractivity contribution in [2.45, 2.75) is 18.0 Å². The monoisotopic (exact) mass is 648 g/mol. The fraction of sp³-hybridized carbons (Fsp3) is 0.107. The largest absolute Gasteiger partial charge is 0.495 e. The van der Waals surface area contributed by atoms with Crippen molar-refractivity contribution < 1.29 is 27.2 Å². The van der Waals surface area contributed by atoms with Crippen LogP contribution >= 0.6 is 34.8 Å². The van der Waals surface area contributed by atoms with Gasteiger partial charge in [0.25, 0.3) is 0 Å². The topological polar surface area (TPSA) is 130 Å². The minimum Gasteiger partial charge on any atom is -0.495 e. The highest BCUT2D eigenvalue weighted by molar-refractivity contribution is 7.89. The summed E-state index contributed by atoms with van der Waals surface area (Å²) in [5, 5.41) is 7.41. The highest BCUT2D eigenvalue weighted by Crippen LogP contribution is 2.28. The summed E-state index contributed by atoms with van der Waals surface area (Å²) in [4.78, 5) is 24.5. The molecular weight excluding hydrogens is 627 g/mol. The van der Waals surface area contributed by atoms with Crippen LogP contribution in [0.15, 0.2) is 93.3 Å². The van der Waals surface area contributed by atoms with Gasteiger partial charge in [0, 0.05) is 21.6 Å². The number of hydrazone groups is 1. The van der Waals surface area contributed by atoms with E-state index in [1.165, 1.54) is 54.0 Å². The van der Waals surface area contributed by atoms with E-state index in [0.29, 0.717) is 32.1 Å². The van der Waals surface area contributed by atoms with Crippen molar-refractivity contribution >= 4 is 68.5 Å². The van der Waals surface area contributed by atoms with Crippen molar-refractivity contribution in [2.24, 2.45) is 5.10 Å². The van der Waals surface area contributed by atoms with E-state index in [-0.39, 0.29) is 29.4 Å². The average molecular weight is 650 g/mol. The van der Waals surface area contributed by atoms with E-state index in [1.54, 1.807) is 42.5 Å². The second-order valence-corrected chi connectivity index (χ2v) is 11.9. The Balaban J connectivity index is 1.44. The SMILES string of the molecule is COc1ccc(Cl)cc1NC(=O)C(=O)N/N=C/c1ccc(CN(Cc2ccc(Cl)cc2)S(=O)(=O)c2ccc(Cl)cc2)o1. The quantitative estimate of drug-likeness (QED) is 0.128. The molecule has 2 amide bonds. The van der Waals surface area contributed by atoms with Gasteiger partial charge in [-0.25, -0.2) is 13.8 Å². The molecular formula is C28H23Cl3N4O6S. The summed E-state index contributed by atoms with van der Waals surface area (Å²) in [6, 6.07) is 20.3. The average Bonchev–Trinajstić information content (AvgIpc) is 3.41. The Bertz CT molecular complexity index is 1710. The van der Waals surface area contributed by atoms with Gasteiger partial charge >= 0.3 is 11.8 Å². The van der Waals surface area contributed by atoms with Crippen molar-refractivity contribution in [1.29, 1.82) is 0 Å². The molecule has 218 valence electrons. The number of anilines is 1. The molecule has 0 atom stereocenters. The third-order valence-corrected chi connectivity index (χ3v) is 8.26. The first-order valence-electron chi connectivity index (χ1n) is 12.1. The summed E-state index contributed by atoms with van der Waals surface area (Å²) in [6.07, 6.45) is 1.17. The van der Waals surface area contributed by atoms with Crippen LogP contribution in [0.2, 0.25) is 15.1 Å². The van der Waals surface area contributed by atoms with E-state index < -0.39 is 21.8 Å². The maximum absolute atomic E-state index is 13.5. The summed E-state index contributed by atoms with van der Waals surface area (Å²) >= 11 is 17.9. The molecule has 4 aromatic rings. The molecule has 3 aromatic carbocycles. The lowest BCUT2D eigenvalue weighted by Gasteiger charge is -2.21. The van der Waals surface area contributed by atoms with Crippen molar-refractivity contribution in [2.75, 3.05) is 12.4 Å². The van der Waals surface area contributed by atoms with Gasteiger partial charge in [0.2, 0.25) is 10.0 Å². The van der Waals surface area contributed by atoms with Crippen molar-refractivity contribution in [3.8, 4) is 5.75 Å². The molecule has 10 nitrogen and oxygen atoms in total. The summed E-state index contributed by atoms with van der Waals surface area (Å²) in [7, 11) is -2.55. The number of benzene rings is 3. The second-order valence-electron chi connectivity index (χ2n) is 8.66. The van der Waals surface area contributed by atoms with Gasteiger partial charge in [0.05, 0.1) is 30.5 Å². The smallest absolute Gasteiger partial charge is 0.329 e. The lowest BCUT2D eigenvalue weighted by Crippen LogP contribution is -2.32. The van der Waals surface area contributed by atoms with Gasteiger partial charge in [-0.2, -0.15) is 9.41 Å². The third kappa shape index (κ3) is 8.11. The molecule has 4 rings (SSSR count). The molecule has 1 heterocycles. The molecule has 0 aliphatic rings. The predicted octanol–water partition coefficient (Wildman–Crippen LogP) is 5.73. The van der Waals surface area contributed by atoms with E-state index in [1.807, 2.05) is 0 Å². The highest BCUT2D eigenvalue weighted by Gasteiger charge is 2.26. The van der Waals surface area contributed by atoms with Crippen LogP contribution in [-0.4, -0.2) is 37.9 Å². The van der Waals surface area contributed by atoms with Crippen LogP contribution < -0.4 is 15.5 Å². The molecule has 14 heteroatoms. The van der Waals surface area contributed by atoms with Gasteiger partial charge in [-0.1, -0.05) is 46.9 Å². The molecule has 0 aliphatic carbocycles. The Hall–Kier alpha value is -3.87. The van der Waals surface area contributed by atoms with E-state index in [9.17, 15) is 18.0 Å². The molecule has 0 fully saturated rings. The number of nitrogens with zero attached hydrogens (tertiary/aromatic N) is 2. The second kappa shape index (κ2) is 13.9. The number of hydrogen-bond donors (Lipinski definition) is 2. The molecule has 0 bridgehead atoms. The number of carbonyl (C=O) groups is 2. The third-order valence-electron chi connectivity index (χ3n) is 5.71. The zero-order valence-corrected chi connectivity index (χ0v) is 25.0. The Labute approximate surface area is 256 Å². The fourth-order valence-corrected chi connectivity index (χ4v) is 5.48. The van der Waals surface area contributed by atoms with E-state index >= 15 is 0 Å². The number of furan rings is 1. The Morgan fingerprint density at radius 2 is 1.52 bits per heavy atom. The molecule has 0 radical (unpaired) electrons. The zero-order chi connectivity index (χ0) is 30.3. The van der Waals surface area contributed by atoms with Crippen molar-refractivity contribution in [3.63, 3.8) is 0 Å². The normalized spacial score (nSPS) is 11.5. The minimum atomic E-state index is -3.96. The molecule has 42 heavy (non-hydrogen) atoms. The Morgan fingerprint density at radius 1 is 0.881 bits per heavy atom. The number of ether oxygens (including phenoxy) is 1. The number of rotatable bonds is 10. The first-order valence-corrected chi connectivity index (χ1v) is 14.7. The number of amides is 2.